The minimum Gasteiger partial charge on any atom is -0.322 e. The lowest BCUT2D eigenvalue weighted by Crippen LogP contribution is -2.20. The van der Waals surface area contributed by atoms with E-state index in [2.05, 4.69) is 22.8 Å². The van der Waals surface area contributed by atoms with Gasteiger partial charge in [-0.2, -0.15) is 5.10 Å². The summed E-state index contributed by atoms with van der Waals surface area (Å²) in [6.45, 7) is 3.84. The Kier molecular flexibility index (Phi) is 8.17. The number of fused-ring (bicyclic) bond motifs is 1. The molecule has 4 aromatic carbocycles. The first kappa shape index (κ1) is 27.7. The number of carbonyl (C=O) groups is 2. The van der Waals surface area contributed by atoms with Crippen LogP contribution in [-0.4, -0.2) is 22.5 Å². The molecule has 0 saturated heterocycles. The summed E-state index contributed by atoms with van der Waals surface area (Å²) in [5.74, 6) is -1.34. The van der Waals surface area contributed by atoms with E-state index >= 15 is 0 Å². The van der Waals surface area contributed by atoms with E-state index in [0.717, 1.165) is 12.0 Å². The predicted molar refractivity (Wildman–Crippen MR) is 162 cm³/mol. The second-order valence-corrected chi connectivity index (χ2v) is 9.83. The highest BCUT2D eigenvalue weighted by atomic mass is 35.5. The van der Waals surface area contributed by atoms with Crippen LogP contribution in [0.4, 0.5) is 10.1 Å². The van der Waals surface area contributed by atoms with Crippen LogP contribution in [0.2, 0.25) is 5.02 Å². The Hall–Kier alpha value is -4.88. The van der Waals surface area contributed by atoms with Crippen molar-refractivity contribution in [3.63, 3.8) is 0 Å². The highest BCUT2D eigenvalue weighted by molar-refractivity contribution is 6.35. The van der Waals surface area contributed by atoms with Crippen LogP contribution in [0.5, 0.6) is 0 Å². The minimum absolute atomic E-state index is 0.207. The zero-order valence-electron chi connectivity index (χ0n) is 22.4. The van der Waals surface area contributed by atoms with Gasteiger partial charge in [0.2, 0.25) is 0 Å². The quantitative estimate of drug-likeness (QED) is 0.157. The number of aryl methyl sites for hydroxylation is 1. The molecule has 204 valence electrons. The number of nitrogens with one attached hydrogen (secondary N) is 2. The second-order valence-electron chi connectivity index (χ2n) is 9.42. The van der Waals surface area contributed by atoms with Crippen LogP contribution in [0.1, 0.15) is 45.7 Å². The fourth-order valence-corrected chi connectivity index (χ4v) is 4.59. The Balaban J connectivity index is 1.39. The summed E-state index contributed by atoms with van der Waals surface area (Å²) in [4.78, 5) is 30.7. The average molecular weight is 565 g/mol. The van der Waals surface area contributed by atoms with Crippen LogP contribution in [0.15, 0.2) is 102 Å². The summed E-state index contributed by atoms with van der Waals surface area (Å²) < 4.78 is 13.5. The molecule has 0 spiro atoms. The molecule has 0 aliphatic heterocycles. The number of halogens is 2. The smallest absolute Gasteiger partial charge is 0.272 e. The van der Waals surface area contributed by atoms with Crippen LogP contribution in [0.3, 0.4) is 0 Å². The first-order valence-corrected chi connectivity index (χ1v) is 13.4. The number of para-hydroxylation sites is 1. The summed E-state index contributed by atoms with van der Waals surface area (Å²) in [5.41, 5.74) is 8.18. The van der Waals surface area contributed by atoms with Crippen molar-refractivity contribution in [1.29, 1.82) is 0 Å². The number of hydrogen-bond acceptors (Lipinski definition) is 4. The Bertz CT molecular complexity index is 1800. The zero-order chi connectivity index (χ0) is 28.9. The molecule has 5 rings (SSSR count). The lowest BCUT2D eigenvalue weighted by molar-refractivity contribution is 0.0955. The van der Waals surface area contributed by atoms with Crippen molar-refractivity contribution >= 4 is 45.7 Å². The van der Waals surface area contributed by atoms with E-state index in [9.17, 15) is 14.0 Å². The molecule has 0 radical (unpaired) electrons. The van der Waals surface area contributed by atoms with Gasteiger partial charge in [0.1, 0.15) is 5.82 Å². The van der Waals surface area contributed by atoms with E-state index in [1.54, 1.807) is 49.4 Å². The molecule has 2 N–H and O–H groups in total. The lowest BCUT2D eigenvalue weighted by atomic mass is 10.0. The van der Waals surface area contributed by atoms with Gasteiger partial charge in [-0.25, -0.2) is 14.8 Å². The van der Waals surface area contributed by atoms with Crippen molar-refractivity contribution in [2.75, 3.05) is 5.32 Å². The molecule has 8 heteroatoms. The van der Waals surface area contributed by atoms with Gasteiger partial charge in [-0.15, -0.1) is 0 Å². The van der Waals surface area contributed by atoms with E-state index in [1.807, 2.05) is 30.3 Å². The molecule has 6 nitrogen and oxygen atoms in total. The van der Waals surface area contributed by atoms with Gasteiger partial charge in [-0.1, -0.05) is 73.1 Å². The van der Waals surface area contributed by atoms with Crippen molar-refractivity contribution in [3.05, 3.63) is 130 Å². The summed E-state index contributed by atoms with van der Waals surface area (Å²) in [6.07, 6.45) is 0.921. The average Bonchev–Trinajstić information content (AvgIpc) is 2.99. The first-order valence-electron chi connectivity index (χ1n) is 13.0. The molecule has 0 unspecified atom stereocenters. The van der Waals surface area contributed by atoms with Gasteiger partial charge >= 0.3 is 0 Å². The number of aromatic nitrogens is 1. The SMILES string of the molecule is CCc1ccc(-c2cc(C(=O)NN=C(C)c3cccc(NC(=O)c4cccc(F)c4)c3)c3cccc(Cl)c3n2)cc1. The molecule has 0 aliphatic rings. The number of carbonyl (C=O) groups excluding carboxylic acids is 2. The van der Waals surface area contributed by atoms with Gasteiger partial charge in [0.05, 0.1) is 27.5 Å². The van der Waals surface area contributed by atoms with E-state index in [1.165, 1.54) is 29.8 Å². The number of nitrogens with zero attached hydrogens (tertiary/aromatic N) is 2. The first-order chi connectivity index (χ1) is 19.8. The standard InChI is InChI=1S/C33H26ClFN4O2/c1-3-21-13-15-22(16-14-21)30-19-28(27-11-6-12-29(34)31(27)37-30)33(41)39-38-20(2)23-7-5-10-26(18-23)36-32(40)24-8-4-9-25(35)17-24/h4-19H,3H2,1-2H3,(H,36,40)(H,39,41). The molecule has 1 aromatic heterocycles. The lowest BCUT2D eigenvalue weighted by Gasteiger charge is -2.11. The van der Waals surface area contributed by atoms with Gasteiger partial charge in [-0.05, 0) is 66.9 Å². The van der Waals surface area contributed by atoms with Crippen LogP contribution >= 0.6 is 11.6 Å². The van der Waals surface area contributed by atoms with E-state index < -0.39 is 17.6 Å². The van der Waals surface area contributed by atoms with Crippen molar-refractivity contribution in [2.24, 2.45) is 5.10 Å². The van der Waals surface area contributed by atoms with Gasteiger partial charge < -0.3 is 5.32 Å². The molecule has 5 aromatic rings. The Morgan fingerprint density at radius 1 is 0.878 bits per heavy atom. The van der Waals surface area contributed by atoms with Crippen LogP contribution in [-0.2, 0) is 6.42 Å². The summed E-state index contributed by atoms with van der Waals surface area (Å²) in [5, 5.41) is 8.13. The van der Waals surface area contributed by atoms with E-state index in [4.69, 9.17) is 16.6 Å². The molecule has 0 fully saturated rings. The molecule has 1 heterocycles. The molecular formula is C33H26ClFN4O2. The number of pyridine rings is 1. The van der Waals surface area contributed by atoms with E-state index in [0.29, 0.717) is 44.1 Å². The van der Waals surface area contributed by atoms with Gasteiger partial charge in [0.25, 0.3) is 11.8 Å². The summed E-state index contributed by atoms with van der Waals surface area (Å²) >= 11 is 6.48. The van der Waals surface area contributed by atoms with Crippen molar-refractivity contribution in [3.8, 4) is 11.3 Å². The molecular weight excluding hydrogens is 539 g/mol. The minimum atomic E-state index is -0.490. The van der Waals surface area contributed by atoms with Crippen molar-refractivity contribution < 1.29 is 14.0 Å². The number of hydrogen-bond donors (Lipinski definition) is 2. The molecule has 2 amide bonds. The third-order valence-electron chi connectivity index (χ3n) is 6.64. The Labute approximate surface area is 241 Å². The monoisotopic (exact) mass is 564 g/mol. The molecule has 0 aliphatic carbocycles. The number of amides is 2. The molecule has 41 heavy (non-hydrogen) atoms. The van der Waals surface area contributed by atoms with Crippen molar-refractivity contribution in [1.82, 2.24) is 10.4 Å². The fraction of sp³-hybridized carbons (Fsp3) is 0.0909. The van der Waals surface area contributed by atoms with Gasteiger partial charge in [0, 0.05) is 22.2 Å². The number of benzene rings is 4. The Morgan fingerprint density at radius 3 is 2.37 bits per heavy atom. The Morgan fingerprint density at radius 2 is 1.61 bits per heavy atom. The van der Waals surface area contributed by atoms with Gasteiger partial charge in [-0.3, -0.25) is 9.59 Å². The van der Waals surface area contributed by atoms with Crippen LogP contribution < -0.4 is 10.7 Å². The number of rotatable bonds is 7. The maximum absolute atomic E-state index is 13.5. The third kappa shape index (κ3) is 6.31. The van der Waals surface area contributed by atoms with Gasteiger partial charge in [0.15, 0.2) is 0 Å². The van der Waals surface area contributed by atoms with Crippen molar-refractivity contribution in [2.45, 2.75) is 20.3 Å². The summed E-state index contributed by atoms with van der Waals surface area (Å²) in [7, 11) is 0. The largest absolute Gasteiger partial charge is 0.322 e. The molecule has 0 atom stereocenters. The maximum atomic E-state index is 13.5. The fourth-order valence-electron chi connectivity index (χ4n) is 4.37. The molecule has 0 bridgehead atoms. The van der Waals surface area contributed by atoms with E-state index in [-0.39, 0.29) is 5.56 Å². The highest BCUT2D eigenvalue weighted by Gasteiger charge is 2.16. The number of hydrazone groups is 1. The second kappa shape index (κ2) is 12.1. The highest BCUT2D eigenvalue weighted by Crippen LogP contribution is 2.29. The normalized spacial score (nSPS) is 11.4. The third-order valence-corrected chi connectivity index (χ3v) is 6.95. The predicted octanol–water partition coefficient (Wildman–Crippen LogP) is 7.66. The zero-order valence-corrected chi connectivity index (χ0v) is 23.2. The van der Waals surface area contributed by atoms with Crippen LogP contribution in [0, 0.1) is 5.82 Å². The van der Waals surface area contributed by atoms with Crippen LogP contribution in [0.25, 0.3) is 22.2 Å². The number of anilines is 1. The maximum Gasteiger partial charge on any atom is 0.272 e. The summed E-state index contributed by atoms with van der Waals surface area (Å²) in [6, 6.07) is 27.6. The molecule has 0 saturated carbocycles. The topological polar surface area (TPSA) is 83.5 Å².